The van der Waals surface area contributed by atoms with Crippen LogP contribution in [0.15, 0.2) is 24.3 Å². The lowest BCUT2D eigenvalue weighted by atomic mass is 10.1. The molecule has 0 bridgehead atoms. The van der Waals surface area contributed by atoms with Crippen LogP contribution in [0.2, 0.25) is 0 Å². The first-order chi connectivity index (χ1) is 10.2. The van der Waals surface area contributed by atoms with E-state index in [4.69, 9.17) is 5.11 Å². The molecular formula is C18H32O3. The predicted molar refractivity (Wildman–Crippen MR) is 88.4 cm³/mol. The Morgan fingerprint density at radius 2 is 1.52 bits per heavy atom. The van der Waals surface area contributed by atoms with Gasteiger partial charge in [-0.2, -0.15) is 0 Å². The Balaban J connectivity index is 3.32. The molecular weight excluding hydrogens is 264 g/mol. The van der Waals surface area contributed by atoms with E-state index >= 15 is 0 Å². The van der Waals surface area contributed by atoms with Gasteiger partial charge in [-0.25, -0.2) is 0 Å². The predicted octanol–water partition coefficient (Wildman–Crippen LogP) is 4.86. The monoisotopic (exact) mass is 296 g/mol. The highest BCUT2D eigenvalue weighted by Crippen LogP contribution is 2.10. The standard InChI is InChI=1S/C18H32O3/c1-2-3-4-5-6-7-8-9-10-11-12-13-14-15-17(19)16-18(20)21/h12-15,17,19H,2-11,16H2,1H3,(H,20,21)/b13-12-,15-14+/t17-/m0/s1. The van der Waals surface area contributed by atoms with Crippen molar-refractivity contribution in [2.75, 3.05) is 0 Å². The molecule has 3 nitrogen and oxygen atoms in total. The van der Waals surface area contributed by atoms with Gasteiger partial charge in [-0.1, -0.05) is 82.6 Å². The fourth-order valence-electron chi connectivity index (χ4n) is 2.19. The molecule has 0 aliphatic carbocycles. The van der Waals surface area contributed by atoms with Crippen LogP contribution in [0.4, 0.5) is 0 Å². The molecule has 3 heteroatoms. The second kappa shape index (κ2) is 15.3. The fraction of sp³-hybridized carbons (Fsp3) is 0.722. The minimum Gasteiger partial charge on any atom is -0.481 e. The second-order valence-corrected chi connectivity index (χ2v) is 5.60. The van der Waals surface area contributed by atoms with Crippen molar-refractivity contribution in [3.63, 3.8) is 0 Å². The summed E-state index contributed by atoms with van der Waals surface area (Å²) in [5, 5.41) is 17.8. The minimum absolute atomic E-state index is 0.234. The van der Waals surface area contributed by atoms with Crippen LogP contribution in [0.25, 0.3) is 0 Å². The highest BCUT2D eigenvalue weighted by molar-refractivity contribution is 5.67. The molecule has 0 aliphatic rings. The summed E-state index contributed by atoms with van der Waals surface area (Å²) in [6.45, 7) is 2.25. The maximum Gasteiger partial charge on any atom is 0.306 e. The van der Waals surface area contributed by atoms with Crippen LogP contribution < -0.4 is 0 Å². The van der Waals surface area contributed by atoms with Gasteiger partial charge in [0.25, 0.3) is 0 Å². The summed E-state index contributed by atoms with van der Waals surface area (Å²) in [5.74, 6) is -0.981. The van der Waals surface area contributed by atoms with E-state index in [1.165, 1.54) is 63.9 Å². The quantitative estimate of drug-likeness (QED) is 0.355. The third kappa shape index (κ3) is 16.9. The van der Waals surface area contributed by atoms with Gasteiger partial charge in [0, 0.05) is 0 Å². The average molecular weight is 296 g/mol. The first-order valence-corrected chi connectivity index (χ1v) is 8.40. The number of hydrogen-bond acceptors (Lipinski definition) is 2. The molecule has 0 spiro atoms. The van der Waals surface area contributed by atoms with Crippen LogP contribution in [-0.2, 0) is 4.79 Å². The highest BCUT2D eigenvalue weighted by Gasteiger charge is 2.03. The smallest absolute Gasteiger partial charge is 0.306 e. The summed E-state index contributed by atoms with van der Waals surface area (Å²) in [6.07, 6.45) is 19.1. The van der Waals surface area contributed by atoms with Crippen LogP contribution in [0.5, 0.6) is 0 Å². The number of aliphatic hydroxyl groups is 1. The summed E-state index contributed by atoms with van der Waals surface area (Å²) in [4.78, 5) is 10.3. The number of unbranched alkanes of at least 4 members (excludes halogenated alkanes) is 9. The van der Waals surface area contributed by atoms with Gasteiger partial charge in [-0.15, -0.1) is 0 Å². The maximum absolute atomic E-state index is 10.3. The number of aliphatic hydroxyl groups excluding tert-OH is 1. The molecule has 0 unspecified atom stereocenters. The lowest BCUT2D eigenvalue weighted by molar-refractivity contribution is -0.138. The van der Waals surface area contributed by atoms with Crippen molar-refractivity contribution in [2.24, 2.45) is 0 Å². The Hall–Kier alpha value is -1.09. The third-order valence-corrected chi connectivity index (χ3v) is 3.44. The van der Waals surface area contributed by atoms with Crippen LogP contribution in [0.3, 0.4) is 0 Å². The van der Waals surface area contributed by atoms with Crippen molar-refractivity contribution in [3.05, 3.63) is 24.3 Å². The third-order valence-electron chi connectivity index (χ3n) is 3.44. The Morgan fingerprint density at radius 1 is 0.952 bits per heavy atom. The van der Waals surface area contributed by atoms with E-state index in [0.29, 0.717) is 0 Å². The average Bonchev–Trinajstić information content (AvgIpc) is 2.43. The van der Waals surface area contributed by atoms with E-state index in [9.17, 15) is 9.90 Å². The van der Waals surface area contributed by atoms with Gasteiger partial charge >= 0.3 is 5.97 Å². The summed E-state index contributed by atoms with van der Waals surface area (Å²) in [7, 11) is 0. The molecule has 0 radical (unpaired) electrons. The van der Waals surface area contributed by atoms with E-state index in [-0.39, 0.29) is 6.42 Å². The molecule has 2 N–H and O–H groups in total. The Morgan fingerprint density at radius 3 is 2.10 bits per heavy atom. The van der Waals surface area contributed by atoms with Crippen molar-refractivity contribution in [1.29, 1.82) is 0 Å². The van der Waals surface area contributed by atoms with E-state index in [1.54, 1.807) is 6.08 Å². The van der Waals surface area contributed by atoms with Crippen LogP contribution >= 0.6 is 0 Å². The van der Waals surface area contributed by atoms with Crippen molar-refractivity contribution < 1.29 is 15.0 Å². The molecule has 21 heavy (non-hydrogen) atoms. The van der Waals surface area contributed by atoms with Gasteiger partial charge in [-0.05, 0) is 12.8 Å². The first kappa shape index (κ1) is 19.9. The Kier molecular flexibility index (Phi) is 14.5. The molecule has 0 amide bonds. The molecule has 122 valence electrons. The SMILES string of the molecule is CCCCCCCCCCC/C=C\C=C\[C@H](O)CC(=O)O. The molecule has 0 aromatic carbocycles. The zero-order valence-electron chi connectivity index (χ0n) is 13.5. The molecule has 0 saturated carbocycles. The van der Waals surface area contributed by atoms with Crippen LogP contribution in [0.1, 0.15) is 77.6 Å². The molecule has 0 aromatic rings. The van der Waals surface area contributed by atoms with E-state index in [0.717, 1.165) is 6.42 Å². The number of rotatable bonds is 14. The molecule has 0 saturated heterocycles. The summed E-state index contributed by atoms with van der Waals surface area (Å²) >= 11 is 0. The zero-order valence-corrected chi connectivity index (χ0v) is 13.5. The van der Waals surface area contributed by atoms with Crippen molar-refractivity contribution >= 4 is 5.97 Å². The summed E-state index contributed by atoms with van der Waals surface area (Å²) in [6, 6.07) is 0. The van der Waals surface area contributed by atoms with Gasteiger partial charge in [0.1, 0.15) is 0 Å². The van der Waals surface area contributed by atoms with Gasteiger partial charge in [-0.3, -0.25) is 4.79 Å². The lowest BCUT2D eigenvalue weighted by Gasteiger charge is -2.00. The molecule has 0 heterocycles. The van der Waals surface area contributed by atoms with Gasteiger partial charge in [0.2, 0.25) is 0 Å². The van der Waals surface area contributed by atoms with Crippen LogP contribution in [0, 0.1) is 0 Å². The number of allylic oxidation sites excluding steroid dienone is 3. The van der Waals surface area contributed by atoms with E-state index in [1.807, 2.05) is 6.08 Å². The van der Waals surface area contributed by atoms with E-state index in [2.05, 4.69) is 13.0 Å². The van der Waals surface area contributed by atoms with E-state index < -0.39 is 12.1 Å². The first-order valence-electron chi connectivity index (χ1n) is 8.40. The summed E-state index contributed by atoms with van der Waals surface area (Å²) in [5.41, 5.74) is 0. The van der Waals surface area contributed by atoms with Crippen molar-refractivity contribution in [3.8, 4) is 0 Å². The lowest BCUT2D eigenvalue weighted by Crippen LogP contribution is -2.09. The summed E-state index contributed by atoms with van der Waals surface area (Å²) < 4.78 is 0. The number of hydrogen-bond donors (Lipinski definition) is 2. The van der Waals surface area contributed by atoms with Crippen molar-refractivity contribution in [2.45, 2.75) is 83.7 Å². The Bertz CT molecular complexity index is 295. The zero-order chi connectivity index (χ0) is 15.8. The second-order valence-electron chi connectivity index (χ2n) is 5.60. The van der Waals surface area contributed by atoms with Gasteiger partial charge in [0.15, 0.2) is 0 Å². The topological polar surface area (TPSA) is 57.5 Å². The number of carboxylic acids is 1. The maximum atomic E-state index is 10.3. The number of carbonyl (C=O) groups is 1. The molecule has 1 atom stereocenters. The van der Waals surface area contributed by atoms with Crippen LogP contribution in [-0.4, -0.2) is 22.3 Å². The number of aliphatic carboxylic acids is 1. The normalized spacial score (nSPS) is 13.2. The number of carboxylic acid groups (broad SMARTS) is 1. The fourth-order valence-corrected chi connectivity index (χ4v) is 2.19. The van der Waals surface area contributed by atoms with Gasteiger partial charge in [0.05, 0.1) is 12.5 Å². The molecule has 0 aliphatic heterocycles. The van der Waals surface area contributed by atoms with Gasteiger partial charge < -0.3 is 10.2 Å². The molecule has 0 aromatic heterocycles. The largest absolute Gasteiger partial charge is 0.481 e. The molecule has 0 rings (SSSR count). The minimum atomic E-state index is -0.981. The molecule has 0 fully saturated rings. The Labute approximate surface area is 129 Å². The van der Waals surface area contributed by atoms with Crippen molar-refractivity contribution in [1.82, 2.24) is 0 Å². The highest BCUT2D eigenvalue weighted by atomic mass is 16.4.